The van der Waals surface area contributed by atoms with Gasteiger partial charge in [0.15, 0.2) is 0 Å². The predicted molar refractivity (Wildman–Crippen MR) is 61.5 cm³/mol. The second kappa shape index (κ2) is 7.62. The minimum atomic E-state index is -1.23. The molecule has 1 N–H and O–H groups in total. The van der Waals surface area contributed by atoms with Crippen molar-refractivity contribution in [3.05, 3.63) is 29.6 Å². The third-order valence-corrected chi connectivity index (χ3v) is 2.09. The number of benzene rings is 1. The molecule has 1 rings (SSSR count). The van der Waals surface area contributed by atoms with Crippen LogP contribution in [0.5, 0.6) is 5.75 Å². The summed E-state index contributed by atoms with van der Waals surface area (Å²) in [7, 11) is 1.57. The second-order valence-electron chi connectivity index (χ2n) is 3.40. The van der Waals surface area contributed by atoms with Crippen LogP contribution in [0.1, 0.15) is 10.4 Å². The van der Waals surface area contributed by atoms with Gasteiger partial charge >= 0.3 is 5.97 Å². The SMILES string of the molecule is COCCOCCOc1ccc(F)cc1C(=O)O. The summed E-state index contributed by atoms with van der Waals surface area (Å²) in [6.45, 7) is 1.42. The van der Waals surface area contributed by atoms with Crippen molar-refractivity contribution in [2.24, 2.45) is 0 Å². The molecule has 0 atom stereocenters. The lowest BCUT2D eigenvalue weighted by Gasteiger charge is -2.09. The zero-order chi connectivity index (χ0) is 13.4. The number of halogens is 1. The van der Waals surface area contributed by atoms with Crippen LogP contribution in [0.2, 0.25) is 0 Å². The normalized spacial score (nSPS) is 10.3. The molecule has 0 fully saturated rings. The summed E-state index contributed by atoms with van der Waals surface area (Å²) < 4.78 is 28.0. The molecule has 0 bridgehead atoms. The van der Waals surface area contributed by atoms with Crippen molar-refractivity contribution in [1.82, 2.24) is 0 Å². The van der Waals surface area contributed by atoms with Crippen LogP contribution in [-0.4, -0.2) is 44.6 Å². The van der Waals surface area contributed by atoms with E-state index in [-0.39, 0.29) is 17.9 Å². The van der Waals surface area contributed by atoms with Gasteiger partial charge < -0.3 is 19.3 Å². The molecule has 1 aromatic carbocycles. The number of carbonyl (C=O) groups is 1. The first kappa shape index (κ1) is 14.4. The smallest absolute Gasteiger partial charge is 0.339 e. The van der Waals surface area contributed by atoms with Crippen LogP contribution in [0.4, 0.5) is 4.39 Å². The standard InChI is InChI=1S/C12H15FO5/c1-16-4-5-17-6-7-18-11-3-2-9(13)8-10(11)12(14)15/h2-3,8H,4-7H2,1H3,(H,14,15). The molecule has 1 aromatic rings. The van der Waals surface area contributed by atoms with Crippen molar-refractivity contribution >= 4 is 5.97 Å². The van der Waals surface area contributed by atoms with Gasteiger partial charge in [-0.3, -0.25) is 0 Å². The molecular weight excluding hydrogens is 243 g/mol. The molecule has 0 amide bonds. The van der Waals surface area contributed by atoms with E-state index in [1.165, 1.54) is 6.07 Å². The van der Waals surface area contributed by atoms with Crippen molar-refractivity contribution in [2.75, 3.05) is 33.5 Å². The molecule has 0 radical (unpaired) electrons. The summed E-state index contributed by atoms with van der Waals surface area (Å²) in [5, 5.41) is 8.87. The van der Waals surface area contributed by atoms with Crippen LogP contribution in [0.25, 0.3) is 0 Å². The van der Waals surface area contributed by atoms with Crippen molar-refractivity contribution in [3.8, 4) is 5.75 Å². The number of aromatic carboxylic acids is 1. The van der Waals surface area contributed by atoms with Crippen molar-refractivity contribution in [1.29, 1.82) is 0 Å². The summed E-state index contributed by atoms with van der Waals surface area (Å²) in [5.41, 5.74) is -0.202. The molecule has 5 nitrogen and oxygen atoms in total. The second-order valence-corrected chi connectivity index (χ2v) is 3.40. The number of methoxy groups -OCH3 is 1. The summed E-state index contributed by atoms with van der Waals surface area (Å²) in [6.07, 6.45) is 0. The predicted octanol–water partition coefficient (Wildman–Crippen LogP) is 1.57. The fraction of sp³-hybridized carbons (Fsp3) is 0.417. The maximum Gasteiger partial charge on any atom is 0.339 e. The molecule has 0 spiro atoms. The topological polar surface area (TPSA) is 65.0 Å². The number of hydrogen-bond donors (Lipinski definition) is 1. The highest BCUT2D eigenvalue weighted by molar-refractivity contribution is 5.90. The van der Waals surface area contributed by atoms with Gasteiger partial charge in [-0.05, 0) is 18.2 Å². The van der Waals surface area contributed by atoms with Crippen molar-refractivity contribution < 1.29 is 28.5 Å². The fourth-order valence-electron chi connectivity index (χ4n) is 1.25. The fourth-order valence-corrected chi connectivity index (χ4v) is 1.25. The number of hydrogen-bond acceptors (Lipinski definition) is 4. The van der Waals surface area contributed by atoms with Crippen LogP contribution in [0.3, 0.4) is 0 Å². The quantitative estimate of drug-likeness (QED) is 0.717. The Balaban J connectivity index is 2.44. The van der Waals surface area contributed by atoms with E-state index >= 15 is 0 Å². The van der Waals surface area contributed by atoms with Gasteiger partial charge in [0.05, 0.1) is 19.8 Å². The van der Waals surface area contributed by atoms with E-state index in [1.54, 1.807) is 7.11 Å². The Morgan fingerprint density at radius 2 is 2.00 bits per heavy atom. The number of ether oxygens (including phenoxy) is 3. The summed E-state index contributed by atoms with van der Waals surface area (Å²) in [4.78, 5) is 10.9. The van der Waals surface area contributed by atoms with Gasteiger partial charge in [0.1, 0.15) is 23.7 Å². The lowest BCUT2D eigenvalue weighted by molar-refractivity contribution is 0.0535. The highest BCUT2D eigenvalue weighted by Gasteiger charge is 2.12. The van der Waals surface area contributed by atoms with Gasteiger partial charge in [-0.15, -0.1) is 0 Å². The maximum absolute atomic E-state index is 12.9. The van der Waals surface area contributed by atoms with E-state index in [0.717, 1.165) is 12.1 Å². The van der Waals surface area contributed by atoms with E-state index in [2.05, 4.69) is 0 Å². The monoisotopic (exact) mass is 258 g/mol. The third kappa shape index (κ3) is 4.68. The molecule has 0 heterocycles. The number of carboxylic acid groups (broad SMARTS) is 1. The van der Waals surface area contributed by atoms with Gasteiger partial charge in [0.2, 0.25) is 0 Å². The minimum absolute atomic E-state index is 0.124. The van der Waals surface area contributed by atoms with Gasteiger partial charge in [-0.2, -0.15) is 0 Å². The average Bonchev–Trinajstić information content (AvgIpc) is 2.35. The van der Waals surface area contributed by atoms with Crippen LogP contribution >= 0.6 is 0 Å². The third-order valence-electron chi connectivity index (χ3n) is 2.09. The molecule has 0 unspecified atom stereocenters. The van der Waals surface area contributed by atoms with E-state index in [1.807, 2.05) is 0 Å². The first-order valence-corrected chi connectivity index (χ1v) is 5.37. The molecular formula is C12H15FO5. The zero-order valence-electron chi connectivity index (χ0n) is 10.0. The molecule has 0 aliphatic heterocycles. The highest BCUT2D eigenvalue weighted by Crippen LogP contribution is 2.19. The Morgan fingerprint density at radius 1 is 1.28 bits per heavy atom. The molecule has 0 aliphatic carbocycles. The van der Waals surface area contributed by atoms with E-state index in [0.29, 0.717) is 19.8 Å². The van der Waals surface area contributed by atoms with Crippen LogP contribution in [0.15, 0.2) is 18.2 Å². The van der Waals surface area contributed by atoms with Gasteiger partial charge in [-0.1, -0.05) is 0 Å². The Hall–Kier alpha value is -1.66. The number of carboxylic acids is 1. The van der Waals surface area contributed by atoms with Gasteiger partial charge in [-0.25, -0.2) is 9.18 Å². The molecule has 0 aromatic heterocycles. The molecule has 0 saturated heterocycles. The molecule has 6 heteroatoms. The Kier molecular flexibility index (Phi) is 6.10. The molecule has 0 saturated carbocycles. The van der Waals surface area contributed by atoms with Crippen molar-refractivity contribution in [2.45, 2.75) is 0 Å². The summed E-state index contributed by atoms with van der Waals surface area (Å²) >= 11 is 0. The molecule has 100 valence electrons. The van der Waals surface area contributed by atoms with Crippen molar-refractivity contribution in [3.63, 3.8) is 0 Å². The highest BCUT2D eigenvalue weighted by atomic mass is 19.1. The van der Waals surface area contributed by atoms with Crippen LogP contribution < -0.4 is 4.74 Å². The van der Waals surface area contributed by atoms with E-state index < -0.39 is 11.8 Å². The first-order chi connectivity index (χ1) is 8.65. The van der Waals surface area contributed by atoms with Gasteiger partial charge in [0, 0.05) is 7.11 Å². The summed E-state index contributed by atoms with van der Waals surface area (Å²) in [5.74, 6) is -1.72. The van der Waals surface area contributed by atoms with E-state index in [9.17, 15) is 9.18 Å². The largest absolute Gasteiger partial charge is 0.490 e. The Bertz CT molecular complexity index is 394. The molecule has 18 heavy (non-hydrogen) atoms. The average molecular weight is 258 g/mol. The van der Waals surface area contributed by atoms with Gasteiger partial charge in [0.25, 0.3) is 0 Å². The van der Waals surface area contributed by atoms with Crippen LogP contribution in [-0.2, 0) is 9.47 Å². The van der Waals surface area contributed by atoms with E-state index in [4.69, 9.17) is 19.3 Å². The Morgan fingerprint density at radius 3 is 2.67 bits per heavy atom. The van der Waals surface area contributed by atoms with Crippen LogP contribution in [0, 0.1) is 5.82 Å². The molecule has 0 aliphatic rings. The minimum Gasteiger partial charge on any atom is -0.490 e. The summed E-state index contributed by atoms with van der Waals surface area (Å²) in [6, 6.07) is 3.35. The Labute approximate surface area is 104 Å². The number of rotatable bonds is 8. The first-order valence-electron chi connectivity index (χ1n) is 5.37. The maximum atomic E-state index is 12.9. The lowest BCUT2D eigenvalue weighted by Crippen LogP contribution is -2.11. The lowest BCUT2D eigenvalue weighted by atomic mass is 10.2. The zero-order valence-corrected chi connectivity index (χ0v) is 10.0.